The van der Waals surface area contributed by atoms with Crippen LogP contribution in [0.4, 0.5) is 8.78 Å². The lowest BCUT2D eigenvalue weighted by atomic mass is 9.91. The molecule has 0 spiro atoms. The largest absolute Gasteiger partial charge is 0.479 e. The van der Waals surface area contributed by atoms with Crippen LogP contribution in [0, 0.1) is 5.82 Å². The van der Waals surface area contributed by atoms with Crippen molar-refractivity contribution in [1.82, 2.24) is 19.7 Å². The summed E-state index contributed by atoms with van der Waals surface area (Å²) in [6.07, 6.45) is 1.99. The number of carboxylic acids is 1. The molecule has 31 heavy (non-hydrogen) atoms. The van der Waals surface area contributed by atoms with Gasteiger partial charge in [0, 0.05) is 22.3 Å². The molecule has 5 rings (SSSR count). The standard InChI is InChI=1S/C23H22F2N4O2/c1-12(2)20-18(13-7-8-23(25,10-13)22(30)31)19-17(9-14-11-26-28-21(14)27-19)29(20)16-5-3-15(24)4-6-16/h3-6,9,11-13H,7-8,10H2,1-2H3,(H,30,31)(H,26,27,28)/t13-,23+/m1/s1. The van der Waals surface area contributed by atoms with Crippen LogP contribution in [-0.2, 0) is 4.79 Å². The highest BCUT2D eigenvalue weighted by atomic mass is 19.1. The molecule has 6 nitrogen and oxygen atoms in total. The van der Waals surface area contributed by atoms with Gasteiger partial charge in [-0.25, -0.2) is 18.6 Å². The SMILES string of the molecule is CC(C)c1c([C@@H]2CC[C@@](F)(C(=O)O)C2)c2nc3[nH]ncc3cc2n1-c1ccc(F)cc1. The van der Waals surface area contributed by atoms with Gasteiger partial charge in [0.2, 0.25) is 5.67 Å². The number of rotatable bonds is 4. The predicted molar refractivity (Wildman–Crippen MR) is 113 cm³/mol. The van der Waals surface area contributed by atoms with E-state index in [1.165, 1.54) is 12.1 Å². The van der Waals surface area contributed by atoms with Crippen LogP contribution in [0.1, 0.15) is 56.2 Å². The van der Waals surface area contributed by atoms with Gasteiger partial charge in [0.15, 0.2) is 5.65 Å². The predicted octanol–water partition coefficient (Wildman–Crippen LogP) is 5.22. The first kappa shape index (κ1) is 19.7. The number of pyridine rings is 1. The van der Waals surface area contributed by atoms with Gasteiger partial charge in [-0.2, -0.15) is 5.10 Å². The quantitative estimate of drug-likeness (QED) is 0.470. The van der Waals surface area contributed by atoms with Crippen LogP contribution in [0.2, 0.25) is 0 Å². The van der Waals surface area contributed by atoms with E-state index in [0.717, 1.165) is 27.8 Å². The summed E-state index contributed by atoms with van der Waals surface area (Å²) in [5, 5.41) is 17.2. The Morgan fingerprint density at radius 2 is 2.06 bits per heavy atom. The average molecular weight is 424 g/mol. The molecule has 0 amide bonds. The third kappa shape index (κ3) is 3.00. The number of aromatic amines is 1. The van der Waals surface area contributed by atoms with Crippen molar-refractivity contribution in [3.63, 3.8) is 0 Å². The maximum absolute atomic E-state index is 15.0. The second kappa shape index (κ2) is 6.87. The first-order chi connectivity index (χ1) is 14.8. The van der Waals surface area contributed by atoms with Crippen molar-refractivity contribution >= 4 is 28.0 Å². The van der Waals surface area contributed by atoms with Crippen molar-refractivity contribution in [2.75, 3.05) is 0 Å². The van der Waals surface area contributed by atoms with Crippen molar-refractivity contribution in [2.45, 2.75) is 50.6 Å². The molecular formula is C23H22F2N4O2. The van der Waals surface area contributed by atoms with E-state index in [1.807, 2.05) is 24.5 Å². The van der Waals surface area contributed by atoms with E-state index >= 15 is 0 Å². The van der Waals surface area contributed by atoms with Crippen LogP contribution < -0.4 is 0 Å². The molecule has 2 atom stereocenters. The highest BCUT2D eigenvalue weighted by Crippen LogP contribution is 2.49. The minimum atomic E-state index is -2.23. The molecular weight excluding hydrogens is 402 g/mol. The second-order valence-electron chi connectivity index (χ2n) is 8.64. The maximum Gasteiger partial charge on any atom is 0.341 e. The molecule has 3 aromatic heterocycles. The van der Waals surface area contributed by atoms with Crippen LogP contribution >= 0.6 is 0 Å². The van der Waals surface area contributed by atoms with E-state index in [0.29, 0.717) is 17.6 Å². The van der Waals surface area contributed by atoms with Crippen LogP contribution in [0.5, 0.6) is 0 Å². The molecule has 8 heteroatoms. The molecule has 1 fully saturated rings. The molecule has 0 radical (unpaired) electrons. The molecule has 4 aromatic rings. The first-order valence-electron chi connectivity index (χ1n) is 10.3. The lowest BCUT2D eigenvalue weighted by Crippen LogP contribution is -2.30. The second-order valence-corrected chi connectivity index (χ2v) is 8.64. The summed E-state index contributed by atoms with van der Waals surface area (Å²) >= 11 is 0. The van der Waals surface area contributed by atoms with Gasteiger partial charge < -0.3 is 9.67 Å². The van der Waals surface area contributed by atoms with Gasteiger partial charge >= 0.3 is 5.97 Å². The van der Waals surface area contributed by atoms with Gasteiger partial charge in [0.1, 0.15) is 5.82 Å². The van der Waals surface area contributed by atoms with Crippen molar-refractivity contribution in [3.05, 3.63) is 53.6 Å². The number of alkyl halides is 1. The zero-order valence-corrected chi connectivity index (χ0v) is 17.2. The van der Waals surface area contributed by atoms with Crippen molar-refractivity contribution < 1.29 is 18.7 Å². The Labute approximate surface area is 176 Å². The fraction of sp³-hybridized carbons (Fsp3) is 0.348. The number of fused-ring (bicyclic) bond motifs is 2. The van der Waals surface area contributed by atoms with Crippen molar-refractivity contribution in [2.24, 2.45) is 0 Å². The average Bonchev–Trinajstić information content (AvgIpc) is 3.42. The van der Waals surface area contributed by atoms with Gasteiger partial charge in [0.05, 0.1) is 17.2 Å². The number of aromatic nitrogens is 4. The zero-order valence-electron chi connectivity index (χ0n) is 17.2. The number of H-pyrrole nitrogens is 1. The Morgan fingerprint density at radius 1 is 1.32 bits per heavy atom. The van der Waals surface area contributed by atoms with Gasteiger partial charge in [-0.3, -0.25) is 5.10 Å². The molecule has 0 saturated heterocycles. The third-order valence-electron chi connectivity index (χ3n) is 6.30. The highest BCUT2D eigenvalue weighted by Gasteiger charge is 2.48. The summed E-state index contributed by atoms with van der Waals surface area (Å²) < 4.78 is 30.7. The van der Waals surface area contributed by atoms with Crippen molar-refractivity contribution in [3.8, 4) is 5.69 Å². The normalized spacial score (nSPS) is 21.5. The van der Waals surface area contributed by atoms with E-state index in [-0.39, 0.29) is 30.5 Å². The van der Waals surface area contributed by atoms with Gasteiger partial charge in [-0.05, 0) is 61.4 Å². The van der Waals surface area contributed by atoms with E-state index in [1.54, 1.807) is 18.3 Å². The first-order valence-corrected chi connectivity index (χ1v) is 10.3. The fourth-order valence-electron chi connectivity index (χ4n) is 4.89. The maximum atomic E-state index is 15.0. The number of nitrogens with zero attached hydrogens (tertiary/aromatic N) is 3. The lowest BCUT2D eigenvalue weighted by molar-refractivity contribution is -0.150. The van der Waals surface area contributed by atoms with E-state index in [2.05, 4.69) is 10.2 Å². The number of benzene rings is 1. The molecule has 160 valence electrons. The fourth-order valence-corrected chi connectivity index (χ4v) is 4.89. The topological polar surface area (TPSA) is 83.8 Å². The van der Waals surface area contributed by atoms with Crippen LogP contribution in [0.15, 0.2) is 36.5 Å². The van der Waals surface area contributed by atoms with Gasteiger partial charge in [-0.1, -0.05) is 13.8 Å². The Hall–Kier alpha value is -3.29. The Balaban J connectivity index is 1.82. The minimum Gasteiger partial charge on any atom is -0.479 e. The summed E-state index contributed by atoms with van der Waals surface area (Å²) in [4.78, 5) is 16.3. The molecule has 1 aliphatic carbocycles. The zero-order chi connectivity index (χ0) is 21.9. The number of carbonyl (C=O) groups is 1. The monoisotopic (exact) mass is 424 g/mol. The highest BCUT2D eigenvalue weighted by molar-refractivity contribution is 5.94. The van der Waals surface area contributed by atoms with E-state index in [4.69, 9.17) is 4.98 Å². The Morgan fingerprint density at radius 3 is 2.71 bits per heavy atom. The summed E-state index contributed by atoms with van der Waals surface area (Å²) in [6.45, 7) is 4.08. The number of halogens is 2. The van der Waals surface area contributed by atoms with Crippen LogP contribution in [0.25, 0.3) is 27.8 Å². The summed E-state index contributed by atoms with van der Waals surface area (Å²) in [5.74, 6) is -1.98. The molecule has 2 N–H and O–H groups in total. The number of aliphatic carboxylic acids is 1. The third-order valence-corrected chi connectivity index (χ3v) is 6.30. The summed E-state index contributed by atoms with van der Waals surface area (Å²) in [7, 11) is 0. The molecule has 0 bridgehead atoms. The summed E-state index contributed by atoms with van der Waals surface area (Å²) in [6, 6.07) is 8.18. The molecule has 1 aromatic carbocycles. The number of hydrogen-bond acceptors (Lipinski definition) is 3. The minimum absolute atomic E-state index is 0.0277. The number of carboxylic acid groups (broad SMARTS) is 1. The Bertz CT molecular complexity index is 1310. The number of nitrogens with one attached hydrogen (secondary N) is 1. The van der Waals surface area contributed by atoms with Gasteiger partial charge in [0.25, 0.3) is 0 Å². The van der Waals surface area contributed by atoms with Crippen LogP contribution in [-0.4, -0.2) is 36.5 Å². The molecule has 0 aliphatic heterocycles. The molecule has 1 aliphatic rings. The van der Waals surface area contributed by atoms with E-state index < -0.39 is 11.6 Å². The Kier molecular flexibility index (Phi) is 4.35. The molecule has 3 heterocycles. The molecule has 0 unspecified atom stereocenters. The summed E-state index contributed by atoms with van der Waals surface area (Å²) in [5.41, 5.74) is 2.47. The smallest absolute Gasteiger partial charge is 0.341 e. The molecule has 1 saturated carbocycles. The van der Waals surface area contributed by atoms with E-state index in [9.17, 15) is 18.7 Å². The number of hydrogen-bond donors (Lipinski definition) is 2. The van der Waals surface area contributed by atoms with Crippen LogP contribution in [0.3, 0.4) is 0 Å². The lowest BCUT2D eigenvalue weighted by Gasteiger charge is -2.19. The van der Waals surface area contributed by atoms with Gasteiger partial charge in [-0.15, -0.1) is 0 Å². The van der Waals surface area contributed by atoms with Crippen molar-refractivity contribution in [1.29, 1.82) is 0 Å².